The molecule has 8 bridgehead atoms. The van der Waals surface area contributed by atoms with Crippen molar-refractivity contribution in [3.05, 3.63) is 70.0 Å². The number of hydrogen-bond acceptors (Lipinski definition) is 3. The summed E-state index contributed by atoms with van der Waals surface area (Å²) in [5.74, 6) is 0. The molecule has 0 atom stereocenters. The zero-order chi connectivity index (χ0) is 18.5. The molecule has 5 heterocycles. The number of aromatic amines is 3. The zero-order valence-corrected chi connectivity index (χ0v) is 15.4. The van der Waals surface area contributed by atoms with Crippen LogP contribution in [0.15, 0.2) is 48.5 Å². The van der Waals surface area contributed by atoms with Crippen LogP contribution in [0.5, 0.6) is 0 Å². The van der Waals surface area contributed by atoms with Crippen molar-refractivity contribution in [3.63, 3.8) is 0 Å². The summed E-state index contributed by atoms with van der Waals surface area (Å²) >= 11 is 3.52. The first-order chi connectivity index (χ1) is 13.0. The SMILES string of the molecule is O=[N+]([O-])c1cc2[nH]c1cc1ccc(cc3ccc(cc4nc2C=C4Br)[nH]3)[nH]1. The van der Waals surface area contributed by atoms with Crippen LogP contribution >= 0.6 is 15.9 Å². The normalized spacial score (nSPS) is 12.4. The van der Waals surface area contributed by atoms with E-state index in [0.29, 0.717) is 16.7 Å². The van der Waals surface area contributed by atoms with Crippen LogP contribution in [0.2, 0.25) is 0 Å². The molecule has 3 N–H and O–H groups in total. The van der Waals surface area contributed by atoms with Gasteiger partial charge in [-0.3, -0.25) is 10.1 Å². The molecule has 0 aromatic carbocycles. The van der Waals surface area contributed by atoms with E-state index in [-0.39, 0.29) is 5.69 Å². The van der Waals surface area contributed by atoms with E-state index >= 15 is 0 Å². The molecule has 0 amide bonds. The van der Waals surface area contributed by atoms with Crippen molar-refractivity contribution >= 4 is 65.3 Å². The second kappa shape index (κ2) is 5.82. The second-order valence-corrected chi connectivity index (χ2v) is 7.14. The number of hydrogen-bond donors (Lipinski definition) is 3. The maximum absolute atomic E-state index is 11.5. The van der Waals surface area contributed by atoms with E-state index in [1.54, 1.807) is 6.07 Å². The van der Waals surface area contributed by atoms with Crippen molar-refractivity contribution in [2.45, 2.75) is 0 Å². The summed E-state index contributed by atoms with van der Waals surface area (Å²) in [5.41, 5.74) is 5.93. The topological polar surface area (TPSA) is 103 Å². The molecule has 0 saturated carbocycles. The van der Waals surface area contributed by atoms with Gasteiger partial charge < -0.3 is 15.0 Å². The molecule has 4 aromatic rings. The molecule has 0 saturated heterocycles. The largest absolute Gasteiger partial charge is 0.355 e. The van der Waals surface area contributed by atoms with Crippen LogP contribution in [-0.2, 0) is 0 Å². The Labute approximate surface area is 160 Å². The molecule has 0 aliphatic carbocycles. The number of nitro groups is 1. The van der Waals surface area contributed by atoms with E-state index in [1.807, 2.05) is 42.5 Å². The fraction of sp³-hybridized carbons (Fsp3) is 0. The van der Waals surface area contributed by atoms with E-state index < -0.39 is 4.92 Å². The average molecular weight is 422 g/mol. The summed E-state index contributed by atoms with van der Waals surface area (Å²) in [6.07, 6.45) is 1.85. The predicted molar refractivity (Wildman–Crippen MR) is 110 cm³/mol. The van der Waals surface area contributed by atoms with Crippen LogP contribution in [0.3, 0.4) is 0 Å². The van der Waals surface area contributed by atoms with Crippen molar-refractivity contribution < 1.29 is 4.92 Å². The minimum absolute atomic E-state index is 0.00836. The van der Waals surface area contributed by atoms with Crippen LogP contribution in [0.25, 0.3) is 43.7 Å². The number of H-pyrrole nitrogens is 3. The number of rotatable bonds is 1. The van der Waals surface area contributed by atoms with Gasteiger partial charge >= 0.3 is 0 Å². The smallest absolute Gasteiger partial charge is 0.294 e. The van der Waals surface area contributed by atoms with Crippen LogP contribution < -0.4 is 0 Å². The van der Waals surface area contributed by atoms with Crippen molar-refractivity contribution in [3.8, 4) is 0 Å². The van der Waals surface area contributed by atoms with Gasteiger partial charge in [0.15, 0.2) is 0 Å². The Morgan fingerprint density at radius 1 is 0.852 bits per heavy atom. The van der Waals surface area contributed by atoms with Gasteiger partial charge in [0.1, 0.15) is 5.52 Å². The first kappa shape index (κ1) is 15.8. The summed E-state index contributed by atoms with van der Waals surface area (Å²) < 4.78 is 0.819. The van der Waals surface area contributed by atoms with Crippen molar-refractivity contribution in [1.29, 1.82) is 0 Å². The molecule has 5 rings (SSSR count). The van der Waals surface area contributed by atoms with Gasteiger partial charge in [-0.15, -0.1) is 0 Å². The predicted octanol–water partition coefficient (Wildman–Crippen LogP) is 5.33. The van der Waals surface area contributed by atoms with Crippen molar-refractivity contribution in [2.75, 3.05) is 0 Å². The Morgan fingerprint density at radius 2 is 1.48 bits per heavy atom. The Balaban J connectivity index is 1.95. The second-order valence-electron chi connectivity index (χ2n) is 6.28. The Kier molecular flexibility index (Phi) is 3.41. The maximum atomic E-state index is 11.5. The van der Waals surface area contributed by atoms with Gasteiger partial charge in [-0.2, -0.15) is 0 Å². The van der Waals surface area contributed by atoms with Gasteiger partial charge in [0.25, 0.3) is 5.69 Å². The fourth-order valence-electron chi connectivity index (χ4n) is 3.17. The van der Waals surface area contributed by atoms with Gasteiger partial charge in [0.05, 0.1) is 21.8 Å². The number of aromatic nitrogens is 4. The highest BCUT2D eigenvalue weighted by atomic mass is 79.9. The van der Waals surface area contributed by atoms with Crippen molar-refractivity contribution in [2.24, 2.45) is 0 Å². The fourth-order valence-corrected chi connectivity index (χ4v) is 3.59. The van der Waals surface area contributed by atoms with Gasteiger partial charge in [0, 0.05) is 32.6 Å². The van der Waals surface area contributed by atoms with E-state index in [1.165, 1.54) is 6.07 Å². The van der Waals surface area contributed by atoms with Crippen LogP contribution in [-0.4, -0.2) is 24.9 Å². The standard InChI is InChI=1S/C19H12BrN5O2/c20-14-8-16-17-9-19(25(26)27)18(24-17)7-13-4-2-11(22-13)5-10-1-3-12(21-10)6-15(14)23-16/h1-9,21-22,24H. The third-order valence-corrected chi connectivity index (χ3v) is 5.05. The van der Waals surface area contributed by atoms with Crippen LogP contribution in [0.1, 0.15) is 11.4 Å². The molecule has 8 heteroatoms. The number of nitrogens with zero attached hydrogens (tertiary/aromatic N) is 2. The molecule has 4 aromatic heterocycles. The first-order valence-electron chi connectivity index (χ1n) is 8.18. The molecule has 1 aliphatic heterocycles. The molecule has 132 valence electrons. The van der Waals surface area contributed by atoms with Gasteiger partial charge in [-0.25, -0.2) is 4.98 Å². The molecule has 27 heavy (non-hydrogen) atoms. The lowest BCUT2D eigenvalue weighted by Crippen LogP contribution is -1.84. The van der Waals surface area contributed by atoms with E-state index in [4.69, 9.17) is 0 Å². The Hall–Kier alpha value is -3.39. The zero-order valence-electron chi connectivity index (χ0n) is 13.8. The van der Waals surface area contributed by atoms with E-state index in [9.17, 15) is 10.1 Å². The van der Waals surface area contributed by atoms with Gasteiger partial charge in [-0.1, -0.05) is 0 Å². The summed E-state index contributed by atoms with van der Waals surface area (Å²) in [4.78, 5) is 25.4. The highest BCUT2D eigenvalue weighted by molar-refractivity contribution is 9.15. The molecular formula is C19H12BrN5O2. The number of fused-ring (bicyclic) bond motifs is 9. The van der Waals surface area contributed by atoms with Gasteiger partial charge in [0.2, 0.25) is 0 Å². The average Bonchev–Trinajstić information content (AvgIpc) is 3.37. The van der Waals surface area contributed by atoms with Crippen LogP contribution in [0, 0.1) is 10.1 Å². The Bertz CT molecular complexity index is 1380. The molecule has 0 unspecified atom stereocenters. The molecule has 1 aliphatic rings. The quantitative estimate of drug-likeness (QED) is 0.285. The lowest BCUT2D eigenvalue weighted by Gasteiger charge is -1.87. The lowest BCUT2D eigenvalue weighted by atomic mass is 10.3. The maximum Gasteiger partial charge on any atom is 0.294 e. The minimum Gasteiger partial charge on any atom is -0.355 e. The third kappa shape index (κ3) is 2.80. The summed E-state index contributed by atoms with van der Waals surface area (Å²) in [6, 6.07) is 14.9. The van der Waals surface area contributed by atoms with Crippen LogP contribution in [0.4, 0.5) is 5.69 Å². The van der Waals surface area contributed by atoms with E-state index in [0.717, 1.165) is 32.2 Å². The molecule has 0 radical (unpaired) electrons. The Morgan fingerprint density at radius 3 is 2.15 bits per heavy atom. The highest BCUT2D eigenvalue weighted by Crippen LogP contribution is 2.31. The third-order valence-electron chi connectivity index (χ3n) is 4.41. The summed E-state index contributed by atoms with van der Waals surface area (Å²) in [7, 11) is 0. The summed E-state index contributed by atoms with van der Waals surface area (Å²) in [5, 5.41) is 11.5. The van der Waals surface area contributed by atoms with Crippen molar-refractivity contribution in [1.82, 2.24) is 19.9 Å². The van der Waals surface area contributed by atoms with Gasteiger partial charge in [-0.05, 0) is 64.5 Å². The number of nitrogens with one attached hydrogen (secondary N) is 3. The highest BCUT2D eigenvalue weighted by Gasteiger charge is 2.16. The monoisotopic (exact) mass is 421 g/mol. The molecular weight excluding hydrogens is 410 g/mol. The summed E-state index contributed by atoms with van der Waals surface area (Å²) in [6.45, 7) is 0. The first-order valence-corrected chi connectivity index (χ1v) is 8.98. The number of halogens is 1. The molecule has 7 nitrogen and oxygen atoms in total. The lowest BCUT2D eigenvalue weighted by molar-refractivity contribution is -0.382. The van der Waals surface area contributed by atoms with E-state index in [2.05, 4.69) is 35.9 Å². The minimum atomic E-state index is -0.393. The molecule has 0 fully saturated rings. The molecule has 0 spiro atoms.